The van der Waals surface area contributed by atoms with Crippen LogP contribution in [0.3, 0.4) is 0 Å². The third kappa shape index (κ3) is 2.59. The third-order valence-electron chi connectivity index (χ3n) is 2.29. The summed E-state index contributed by atoms with van der Waals surface area (Å²) < 4.78 is 4.56. The molecule has 0 saturated carbocycles. The quantitative estimate of drug-likeness (QED) is 0.417. The maximum Gasteiger partial charge on any atom is 0.333 e. The number of nitrogens with zero attached hydrogens (tertiary/aromatic N) is 1. The van der Waals surface area contributed by atoms with Gasteiger partial charge >= 0.3 is 12.0 Å². The molecule has 0 spiro atoms. The normalized spacial score (nSPS) is 16.4. The molecule has 3 amide bonds. The molecule has 0 unspecified atom stereocenters. The van der Waals surface area contributed by atoms with Gasteiger partial charge in [0.15, 0.2) is 0 Å². The smallest absolute Gasteiger partial charge is 0.333 e. The van der Waals surface area contributed by atoms with Crippen molar-refractivity contribution in [3.63, 3.8) is 0 Å². The zero-order valence-electron chi connectivity index (χ0n) is 9.28. The average molecular weight is 226 g/mol. The summed E-state index contributed by atoms with van der Waals surface area (Å²) in [6, 6.07) is -0.429. The van der Waals surface area contributed by atoms with Crippen molar-refractivity contribution in [2.45, 2.75) is 13.3 Å². The maximum atomic E-state index is 11.2. The number of methoxy groups -OCH3 is 1. The molecule has 0 radical (unpaired) electrons. The minimum atomic E-state index is -0.436. The van der Waals surface area contributed by atoms with Crippen molar-refractivity contribution < 1.29 is 19.1 Å². The van der Waals surface area contributed by atoms with Gasteiger partial charge in [-0.3, -0.25) is 9.69 Å². The number of nitrogens with one attached hydrogen (secondary N) is 1. The Labute approximate surface area is 93.2 Å². The molecule has 1 aliphatic rings. The van der Waals surface area contributed by atoms with Crippen molar-refractivity contribution in [1.29, 1.82) is 0 Å². The Morgan fingerprint density at radius 1 is 1.56 bits per heavy atom. The van der Waals surface area contributed by atoms with Crippen molar-refractivity contribution in [2.75, 3.05) is 20.2 Å². The van der Waals surface area contributed by atoms with Crippen LogP contribution in [0.5, 0.6) is 0 Å². The van der Waals surface area contributed by atoms with Crippen LogP contribution in [0, 0.1) is 0 Å². The number of rotatable bonds is 4. The number of ether oxygens (including phenoxy) is 1. The number of urea groups is 1. The Hall–Kier alpha value is -1.85. The predicted octanol–water partition coefficient (Wildman–Crippen LogP) is 0.0476. The van der Waals surface area contributed by atoms with E-state index < -0.39 is 12.0 Å². The van der Waals surface area contributed by atoms with Crippen LogP contribution in [-0.4, -0.2) is 43.0 Å². The molecule has 6 heteroatoms. The molecule has 0 aromatic heterocycles. The number of imide groups is 1. The molecule has 16 heavy (non-hydrogen) atoms. The van der Waals surface area contributed by atoms with Crippen molar-refractivity contribution in [2.24, 2.45) is 0 Å². The largest absolute Gasteiger partial charge is 0.466 e. The summed E-state index contributed by atoms with van der Waals surface area (Å²) in [6.45, 7) is 1.92. The summed E-state index contributed by atoms with van der Waals surface area (Å²) in [5, 5.41) is 2.40. The van der Waals surface area contributed by atoms with Gasteiger partial charge in [0, 0.05) is 12.1 Å². The first-order chi connectivity index (χ1) is 7.60. The summed E-state index contributed by atoms with van der Waals surface area (Å²) in [5.41, 5.74) is 0.454. The Morgan fingerprint density at radius 2 is 2.25 bits per heavy atom. The van der Waals surface area contributed by atoms with E-state index in [1.807, 2.05) is 0 Å². The Balaban J connectivity index is 2.66. The summed E-state index contributed by atoms with van der Waals surface area (Å²) in [5.74, 6) is -0.726. The summed E-state index contributed by atoms with van der Waals surface area (Å²) in [4.78, 5) is 34.7. The van der Waals surface area contributed by atoms with Crippen molar-refractivity contribution in [3.8, 4) is 0 Å². The first kappa shape index (κ1) is 12.2. The Kier molecular flexibility index (Phi) is 4.04. The highest BCUT2D eigenvalue weighted by atomic mass is 16.5. The molecule has 1 heterocycles. The van der Waals surface area contributed by atoms with E-state index in [-0.39, 0.29) is 19.0 Å². The molecule has 6 nitrogen and oxygen atoms in total. The monoisotopic (exact) mass is 226 g/mol. The SMILES string of the molecule is CCC(=CCN1C(=O)CNC1=O)C(=O)OC. The number of carbonyl (C=O) groups excluding carboxylic acids is 3. The lowest BCUT2D eigenvalue weighted by Gasteiger charge is -2.10. The van der Waals surface area contributed by atoms with Gasteiger partial charge in [-0.15, -0.1) is 0 Å². The highest BCUT2D eigenvalue weighted by Gasteiger charge is 2.27. The number of amides is 3. The van der Waals surface area contributed by atoms with Gasteiger partial charge < -0.3 is 10.1 Å². The van der Waals surface area contributed by atoms with Crippen LogP contribution < -0.4 is 5.32 Å². The third-order valence-corrected chi connectivity index (χ3v) is 2.29. The van der Waals surface area contributed by atoms with Crippen molar-refractivity contribution in [1.82, 2.24) is 10.2 Å². The van der Waals surface area contributed by atoms with Crippen LogP contribution >= 0.6 is 0 Å². The van der Waals surface area contributed by atoms with E-state index >= 15 is 0 Å². The van der Waals surface area contributed by atoms with Gasteiger partial charge in [0.2, 0.25) is 5.91 Å². The van der Waals surface area contributed by atoms with Gasteiger partial charge in [0.05, 0.1) is 13.7 Å². The summed E-state index contributed by atoms with van der Waals surface area (Å²) >= 11 is 0. The lowest BCUT2D eigenvalue weighted by atomic mass is 10.2. The second-order valence-electron chi connectivity index (χ2n) is 3.24. The molecule has 1 rings (SSSR count). The van der Waals surface area contributed by atoms with Gasteiger partial charge in [-0.05, 0) is 6.42 Å². The summed E-state index contributed by atoms with van der Waals surface area (Å²) in [7, 11) is 1.29. The molecule has 1 aliphatic heterocycles. The topological polar surface area (TPSA) is 75.7 Å². The first-order valence-electron chi connectivity index (χ1n) is 4.95. The number of carbonyl (C=O) groups is 3. The van der Waals surface area contributed by atoms with Gasteiger partial charge in [0.25, 0.3) is 0 Å². The van der Waals surface area contributed by atoms with E-state index in [2.05, 4.69) is 10.1 Å². The van der Waals surface area contributed by atoms with E-state index in [0.29, 0.717) is 12.0 Å². The second kappa shape index (κ2) is 5.29. The molecule has 0 aliphatic carbocycles. The van der Waals surface area contributed by atoms with Crippen LogP contribution in [0.4, 0.5) is 4.79 Å². The molecule has 1 saturated heterocycles. The number of esters is 1. The minimum Gasteiger partial charge on any atom is -0.466 e. The van der Waals surface area contributed by atoms with Gasteiger partial charge in [-0.1, -0.05) is 13.0 Å². The molecular formula is C10H14N2O4. The van der Waals surface area contributed by atoms with E-state index in [9.17, 15) is 14.4 Å². The molecule has 0 aromatic carbocycles. The van der Waals surface area contributed by atoms with Crippen LogP contribution in [0.1, 0.15) is 13.3 Å². The average Bonchev–Trinajstić information content (AvgIpc) is 2.60. The Morgan fingerprint density at radius 3 is 2.69 bits per heavy atom. The van der Waals surface area contributed by atoms with Crippen LogP contribution in [0.2, 0.25) is 0 Å². The molecule has 1 fully saturated rings. The standard InChI is InChI=1S/C10H14N2O4/c1-3-7(9(14)16-2)4-5-12-8(13)6-11-10(12)15/h4H,3,5-6H2,1-2H3,(H,11,15). The highest BCUT2D eigenvalue weighted by molar-refractivity contribution is 6.02. The number of hydrogen-bond donors (Lipinski definition) is 1. The van der Waals surface area contributed by atoms with Gasteiger partial charge in [-0.2, -0.15) is 0 Å². The lowest BCUT2D eigenvalue weighted by Crippen LogP contribution is -2.31. The zero-order chi connectivity index (χ0) is 12.1. The lowest BCUT2D eigenvalue weighted by molar-refractivity contribution is -0.136. The highest BCUT2D eigenvalue weighted by Crippen LogP contribution is 2.05. The van der Waals surface area contributed by atoms with E-state index in [4.69, 9.17) is 0 Å². The first-order valence-corrected chi connectivity index (χ1v) is 4.95. The van der Waals surface area contributed by atoms with Gasteiger partial charge in [-0.25, -0.2) is 9.59 Å². The van der Waals surface area contributed by atoms with Crippen molar-refractivity contribution in [3.05, 3.63) is 11.6 Å². The summed E-state index contributed by atoms with van der Waals surface area (Å²) in [6.07, 6.45) is 2.03. The number of hydrogen-bond acceptors (Lipinski definition) is 4. The fraction of sp³-hybridized carbons (Fsp3) is 0.500. The maximum absolute atomic E-state index is 11.2. The Bertz CT molecular complexity index is 333. The molecule has 1 N–H and O–H groups in total. The fourth-order valence-electron chi connectivity index (χ4n) is 1.34. The van der Waals surface area contributed by atoms with E-state index in [0.717, 1.165) is 4.90 Å². The van der Waals surface area contributed by atoms with Crippen molar-refractivity contribution >= 4 is 17.9 Å². The van der Waals surface area contributed by atoms with Crippen LogP contribution in [0.15, 0.2) is 11.6 Å². The molecule has 0 atom stereocenters. The van der Waals surface area contributed by atoms with E-state index in [1.54, 1.807) is 6.92 Å². The van der Waals surface area contributed by atoms with E-state index in [1.165, 1.54) is 13.2 Å². The van der Waals surface area contributed by atoms with Gasteiger partial charge in [0.1, 0.15) is 0 Å². The van der Waals surface area contributed by atoms with Crippen LogP contribution in [0.25, 0.3) is 0 Å². The zero-order valence-corrected chi connectivity index (χ0v) is 9.28. The molecule has 88 valence electrons. The second-order valence-corrected chi connectivity index (χ2v) is 3.24. The predicted molar refractivity (Wildman–Crippen MR) is 55.5 cm³/mol. The van der Waals surface area contributed by atoms with Crippen LogP contribution in [-0.2, 0) is 14.3 Å². The molecule has 0 bridgehead atoms. The molecule has 0 aromatic rings. The fourth-order valence-corrected chi connectivity index (χ4v) is 1.34. The minimum absolute atomic E-state index is 0.0202. The molecular weight excluding hydrogens is 212 g/mol.